The third-order valence-electron chi connectivity index (χ3n) is 1.54. The van der Waals surface area contributed by atoms with E-state index in [1.807, 2.05) is 6.92 Å². The predicted molar refractivity (Wildman–Crippen MR) is 65.8 cm³/mol. The summed E-state index contributed by atoms with van der Waals surface area (Å²) in [5, 5.41) is 0. The van der Waals surface area contributed by atoms with Gasteiger partial charge in [0.15, 0.2) is 11.1 Å². The molecule has 7 heteroatoms. The number of rotatable bonds is 5. The monoisotopic (exact) mass is 279 g/mol. The van der Waals surface area contributed by atoms with Crippen LogP contribution in [0.5, 0.6) is 0 Å². The third kappa shape index (κ3) is 10.3. The lowest BCUT2D eigenvalue weighted by Gasteiger charge is -2.02. The Bertz CT molecular complexity index is 342. The Balaban J connectivity index is 0.000000304. The summed E-state index contributed by atoms with van der Waals surface area (Å²) in [6.07, 6.45) is 0. The van der Waals surface area contributed by atoms with Crippen molar-refractivity contribution in [2.24, 2.45) is 0 Å². The zero-order valence-corrected chi connectivity index (χ0v) is 11.0. The molecule has 98 valence electrons. The molecule has 1 rings (SSSR count). The number of benzene rings is 1. The fraction of sp³-hybridized carbons (Fsp3) is 0.400. The first kappa shape index (κ1) is 16.4. The molecule has 0 bridgehead atoms. The molecule has 0 aliphatic heterocycles. The van der Waals surface area contributed by atoms with E-state index in [-0.39, 0.29) is 5.75 Å². The molecule has 0 aliphatic rings. The van der Waals surface area contributed by atoms with Gasteiger partial charge in [-0.1, -0.05) is 29.3 Å². The molecule has 0 heterocycles. The molecule has 5 nitrogen and oxygen atoms in total. The fourth-order valence-electron chi connectivity index (χ4n) is 0.808. The summed E-state index contributed by atoms with van der Waals surface area (Å²) in [6.45, 7) is 2.72. The number of hydrogen-bond donors (Lipinski definition) is 1. The molecule has 2 atom stereocenters. The first-order valence-electron chi connectivity index (χ1n) is 4.87. The van der Waals surface area contributed by atoms with Gasteiger partial charge >= 0.3 is 0 Å². The van der Waals surface area contributed by atoms with Crippen molar-refractivity contribution in [3.8, 4) is 0 Å². The van der Waals surface area contributed by atoms with Crippen LogP contribution in [0.15, 0.2) is 35.2 Å². The van der Waals surface area contributed by atoms with Crippen LogP contribution in [-0.2, 0) is 26.9 Å². The molecule has 1 aromatic rings. The van der Waals surface area contributed by atoms with Crippen LogP contribution in [0.4, 0.5) is 0 Å². The number of hydrogen-bond acceptors (Lipinski definition) is 4. The maximum absolute atomic E-state index is 10.3. The molecule has 0 saturated heterocycles. The first-order chi connectivity index (χ1) is 8.07. The average molecular weight is 279 g/mol. The van der Waals surface area contributed by atoms with E-state index >= 15 is 0 Å². The Kier molecular flexibility index (Phi) is 10.2. The second-order valence-corrected chi connectivity index (χ2v) is 4.75. The lowest BCUT2D eigenvalue weighted by molar-refractivity contribution is 0.163. The molecule has 0 aliphatic carbocycles. The normalized spacial score (nSPS) is 13.4. The van der Waals surface area contributed by atoms with Crippen molar-refractivity contribution >= 4 is 22.2 Å². The van der Waals surface area contributed by atoms with Gasteiger partial charge in [-0.2, -0.15) is 0 Å². The minimum atomic E-state index is -1.94. The van der Waals surface area contributed by atoms with Crippen molar-refractivity contribution in [1.29, 1.82) is 0 Å². The van der Waals surface area contributed by atoms with Gasteiger partial charge in [-0.25, -0.2) is 4.21 Å². The summed E-state index contributed by atoms with van der Waals surface area (Å²) < 4.78 is 43.1. The fourth-order valence-corrected chi connectivity index (χ4v) is 1.45. The lowest BCUT2D eigenvalue weighted by Crippen LogP contribution is -2.04. The Labute approximate surface area is 106 Å². The van der Waals surface area contributed by atoms with Gasteiger partial charge in [0.2, 0.25) is 0 Å². The van der Waals surface area contributed by atoms with Crippen LogP contribution >= 0.6 is 0 Å². The molecule has 0 fully saturated rings. The van der Waals surface area contributed by atoms with Crippen LogP contribution < -0.4 is 0 Å². The van der Waals surface area contributed by atoms with E-state index in [4.69, 9.17) is 9.29 Å². The highest BCUT2D eigenvalue weighted by molar-refractivity contribution is 7.79. The zero-order valence-electron chi connectivity index (χ0n) is 9.40. The van der Waals surface area contributed by atoms with Crippen molar-refractivity contribution in [2.75, 3.05) is 19.0 Å². The van der Waals surface area contributed by atoms with Crippen LogP contribution in [0.25, 0.3) is 0 Å². The van der Waals surface area contributed by atoms with Gasteiger partial charge in [0.1, 0.15) is 0 Å². The van der Waals surface area contributed by atoms with E-state index in [9.17, 15) is 13.0 Å². The van der Waals surface area contributed by atoms with Gasteiger partial charge in [0, 0.05) is 12.4 Å². The van der Waals surface area contributed by atoms with E-state index in [0.29, 0.717) is 18.1 Å². The van der Waals surface area contributed by atoms with Gasteiger partial charge in [0.05, 0.1) is 11.5 Å². The molecule has 2 unspecified atom stereocenters. The molecule has 1 N–H and O–H groups in total. The van der Waals surface area contributed by atoms with Gasteiger partial charge in [0.25, 0.3) is 0 Å². The quantitative estimate of drug-likeness (QED) is 0.646. The molecular weight excluding hydrogens is 264 g/mol. The highest BCUT2D eigenvalue weighted by atomic mass is 32.2. The zero-order chi connectivity index (χ0) is 13.1. The maximum atomic E-state index is 10.3. The Hall–Kier alpha value is -0.600. The molecular formula is C10H15O5S2-. The van der Waals surface area contributed by atoms with E-state index in [1.54, 1.807) is 30.3 Å². The maximum Gasteiger partial charge on any atom is 0.186 e. The molecule has 0 aromatic heterocycles. The van der Waals surface area contributed by atoms with E-state index in [2.05, 4.69) is 0 Å². The minimum Gasteiger partial charge on any atom is -0.772 e. The molecule has 1 aromatic carbocycles. The van der Waals surface area contributed by atoms with Gasteiger partial charge in [-0.3, -0.25) is 4.21 Å². The Morgan fingerprint density at radius 3 is 2.24 bits per heavy atom. The van der Waals surface area contributed by atoms with E-state index < -0.39 is 22.2 Å². The van der Waals surface area contributed by atoms with Crippen molar-refractivity contribution < 1.29 is 22.3 Å². The lowest BCUT2D eigenvalue weighted by atomic mass is 10.4. The summed E-state index contributed by atoms with van der Waals surface area (Å²) in [7, 11) is 0. The predicted octanol–water partition coefficient (Wildman–Crippen LogP) is 1.17. The Morgan fingerprint density at radius 1 is 1.29 bits per heavy atom. The second-order valence-electron chi connectivity index (χ2n) is 2.77. The summed E-state index contributed by atoms with van der Waals surface area (Å²) in [5.74, 6) is 0.105. The summed E-state index contributed by atoms with van der Waals surface area (Å²) >= 11 is -3.77. The SMILES string of the molecule is CCOCCS(=O)[O-].O=S(O)c1ccccc1. The van der Waals surface area contributed by atoms with E-state index in [1.165, 1.54) is 0 Å². The topological polar surface area (TPSA) is 86.7 Å². The summed E-state index contributed by atoms with van der Waals surface area (Å²) in [5.41, 5.74) is 0. The Morgan fingerprint density at radius 2 is 1.88 bits per heavy atom. The van der Waals surface area contributed by atoms with Crippen LogP contribution in [-0.4, -0.2) is 36.5 Å². The van der Waals surface area contributed by atoms with Crippen LogP contribution in [0, 0.1) is 0 Å². The van der Waals surface area contributed by atoms with Crippen LogP contribution in [0.2, 0.25) is 0 Å². The largest absolute Gasteiger partial charge is 0.772 e. The molecule has 0 amide bonds. The molecule has 0 spiro atoms. The highest BCUT2D eigenvalue weighted by Gasteiger charge is 1.93. The van der Waals surface area contributed by atoms with Crippen LogP contribution in [0.3, 0.4) is 0 Å². The van der Waals surface area contributed by atoms with Crippen molar-refractivity contribution in [2.45, 2.75) is 11.8 Å². The summed E-state index contributed by atoms with van der Waals surface area (Å²) in [6, 6.07) is 8.47. The van der Waals surface area contributed by atoms with Crippen molar-refractivity contribution in [3.63, 3.8) is 0 Å². The minimum absolute atomic E-state index is 0.105. The van der Waals surface area contributed by atoms with Crippen LogP contribution in [0.1, 0.15) is 6.92 Å². The van der Waals surface area contributed by atoms with Crippen molar-refractivity contribution in [3.05, 3.63) is 30.3 Å². The van der Waals surface area contributed by atoms with Crippen molar-refractivity contribution in [1.82, 2.24) is 0 Å². The number of ether oxygens (including phenoxy) is 1. The van der Waals surface area contributed by atoms with Gasteiger partial charge in [-0.05, 0) is 19.1 Å². The molecule has 0 radical (unpaired) electrons. The molecule has 0 saturated carbocycles. The standard InChI is InChI=1S/C6H6O2S.C4H10O3S/c7-9(8)6-4-2-1-3-5-6;1-2-7-3-4-8(5)6/h1-5H,(H,7,8);2-4H2,1H3,(H,5,6)/p-1. The highest BCUT2D eigenvalue weighted by Crippen LogP contribution is 2.00. The van der Waals surface area contributed by atoms with E-state index in [0.717, 1.165) is 0 Å². The first-order valence-corrected chi connectivity index (χ1v) is 7.22. The summed E-state index contributed by atoms with van der Waals surface area (Å²) in [4.78, 5) is 0.442. The second kappa shape index (κ2) is 10.5. The smallest absolute Gasteiger partial charge is 0.186 e. The van der Waals surface area contributed by atoms with Gasteiger partial charge in [-0.15, -0.1) is 0 Å². The average Bonchev–Trinajstić information content (AvgIpc) is 2.31. The van der Waals surface area contributed by atoms with Gasteiger partial charge < -0.3 is 13.8 Å². The third-order valence-corrected chi connectivity index (χ3v) is 2.72. The molecule has 17 heavy (non-hydrogen) atoms.